The number of aromatic nitrogens is 2. The van der Waals surface area contributed by atoms with Gasteiger partial charge in [0.1, 0.15) is 24.0 Å². The molecule has 0 amide bonds. The number of rotatable bonds is 7. The maximum atomic E-state index is 9.05. The van der Waals surface area contributed by atoms with Crippen LogP contribution in [0.5, 0.6) is 11.5 Å². The van der Waals surface area contributed by atoms with Crippen molar-refractivity contribution in [2.24, 2.45) is 0 Å². The third kappa shape index (κ3) is 7.00. The van der Waals surface area contributed by atoms with Crippen LogP contribution in [0.4, 0.5) is 22.7 Å². The molecule has 9 aromatic rings. The Kier molecular flexibility index (Phi) is 8.21. The molecule has 0 fully saturated rings. The van der Waals surface area contributed by atoms with Crippen LogP contribution < -0.4 is 14.5 Å². The third-order valence-corrected chi connectivity index (χ3v) is 11.7. The molecule has 300 valence electrons. The second-order valence-corrected chi connectivity index (χ2v) is 17.9. The average molecular weight is 799 g/mol. The summed E-state index contributed by atoms with van der Waals surface area (Å²) < 4.78 is 43.7. The van der Waals surface area contributed by atoms with Crippen molar-refractivity contribution in [3.05, 3.63) is 193 Å². The standard InChI is InChI=1S/C56H50N4O/c1-55(2,3)40-30-31-57-53(34-40)60-49-25-14-13-24-45(49)46-29-28-44(36-52(46)60)61-43-23-17-22-42(35-43)58-37-59(51-27-16-15-26-50(51)58)54-47(38-18-9-7-10-19-38)32-41(56(4,5)6)33-48(54)39-20-11-8-12-21-39/h7-36H,37H2,1-6H3/i13D,14D,24D,25D. The van der Waals surface area contributed by atoms with Gasteiger partial charge < -0.3 is 14.5 Å². The average Bonchev–Trinajstić information content (AvgIpc) is 3.86. The lowest BCUT2D eigenvalue weighted by Gasteiger charge is -2.30. The van der Waals surface area contributed by atoms with Crippen molar-refractivity contribution in [1.29, 1.82) is 0 Å². The fourth-order valence-corrected chi connectivity index (χ4v) is 8.52. The molecule has 0 bridgehead atoms. The van der Waals surface area contributed by atoms with E-state index in [1.54, 1.807) is 6.20 Å². The molecule has 0 unspecified atom stereocenters. The SMILES string of the molecule is [2H]c1c([2H])c([2H])c2c(c1[2H])c1ccc(Oc3cccc(N4CN(c5c(-c6ccccc6)cc(C(C)(C)C)cc5-c5ccccc5)c5ccccc54)c3)cc1n2-c1cc(C(C)(C)C)ccn1. The number of anilines is 4. The van der Waals surface area contributed by atoms with Crippen molar-refractivity contribution in [2.45, 2.75) is 52.4 Å². The molecule has 0 saturated heterocycles. The number of nitrogens with zero attached hydrogens (tertiary/aromatic N) is 4. The van der Waals surface area contributed by atoms with Crippen molar-refractivity contribution in [1.82, 2.24) is 9.55 Å². The monoisotopic (exact) mass is 798 g/mol. The lowest BCUT2D eigenvalue weighted by atomic mass is 9.82. The second kappa shape index (κ2) is 14.9. The third-order valence-electron chi connectivity index (χ3n) is 11.7. The molecule has 5 heteroatoms. The van der Waals surface area contributed by atoms with Crippen molar-refractivity contribution in [3.8, 4) is 39.6 Å². The number of ether oxygens (including phenoxy) is 1. The number of para-hydroxylation sites is 3. The fourth-order valence-electron chi connectivity index (χ4n) is 8.52. The highest BCUT2D eigenvalue weighted by Gasteiger charge is 2.32. The summed E-state index contributed by atoms with van der Waals surface area (Å²) in [6.45, 7) is 13.8. The molecule has 2 aromatic heterocycles. The van der Waals surface area contributed by atoms with E-state index in [-0.39, 0.29) is 35.0 Å². The summed E-state index contributed by atoms with van der Waals surface area (Å²) in [6.07, 6.45) is 1.76. The highest BCUT2D eigenvalue weighted by Crippen LogP contribution is 2.51. The minimum Gasteiger partial charge on any atom is -0.457 e. The maximum Gasteiger partial charge on any atom is 0.137 e. The summed E-state index contributed by atoms with van der Waals surface area (Å²) in [4.78, 5) is 9.53. The molecule has 5 nitrogen and oxygen atoms in total. The van der Waals surface area contributed by atoms with E-state index in [0.29, 0.717) is 45.8 Å². The van der Waals surface area contributed by atoms with Crippen LogP contribution in [-0.2, 0) is 10.8 Å². The van der Waals surface area contributed by atoms with Gasteiger partial charge >= 0.3 is 0 Å². The molecule has 10 rings (SSSR count). The summed E-state index contributed by atoms with van der Waals surface area (Å²) in [7, 11) is 0. The van der Waals surface area contributed by atoms with Crippen LogP contribution in [0.1, 0.15) is 58.2 Å². The minimum atomic E-state index is -0.289. The summed E-state index contributed by atoms with van der Waals surface area (Å²) >= 11 is 0. The molecule has 3 heterocycles. The normalized spacial score (nSPS) is 13.9. The highest BCUT2D eigenvalue weighted by atomic mass is 16.5. The predicted molar refractivity (Wildman–Crippen MR) is 255 cm³/mol. The van der Waals surface area contributed by atoms with Gasteiger partial charge in [0.2, 0.25) is 0 Å². The molecule has 0 aliphatic carbocycles. The van der Waals surface area contributed by atoms with E-state index in [2.05, 4.69) is 161 Å². The van der Waals surface area contributed by atoms with Gasteiger partial charge in [0.25, 0.3) is 0 Å². The second-order valence-electron chi connectivity index (χ2n) is 17.9. The fraction of sp³-hybridized carbons (Fsp3) is 0.161. The molecule has 61 heavy (non-hydrogen) atoms. The van der Waals surface area contributed by atoms with Crippen LogP contribution in [0.3, 0.4) is 0 Å². The predicted octanol–water partition coefficient (Wildman–Crippen LogP) is 15.1. The Balaban J connectivity index is 1.08. The lowest BCUT2D eigenvalue weighted by molar-refractivity contribution is 0.483. The lowest BCUT2D eigenvalue weighted by Crippen LogP contribution is -2.25. The summed E-state index contributed by atoms with van der Waals surface area (Å²) in [6, 6.07) is 51.7. The van der Waals surface area contributed by atoms with Gasteiger partial charge in [-0.25, -0.2) is 4.98 Å². The van der Waals surface area contributed by atoms with Gasteiger partial charge in [-0.05, 0) is 99.8 Å². The highest BCUT2D eigenvalue weighted by molar-refractivity contribution is 6.09. The van der Waals surface area contributed by atoms with Crippen molar-refractivity contribution in [3.63, 3.8) is 0 Å². The van der Waals surface area contributed by atoms with Gasteiger partial charge in [-0.1, -0.05) is 139 Å². The molecule has 1 aliphatic rings. The summed E-state index contributed by atoms with van der Waals surface area (Å²) in [5, 5.41) is 1.13. The van der Waals surface area contributed by atoms with Crippen LogP contribution in [-0.4, -0.2) is 16.2 Å². The maximum absolute atomic E-state index is 9.05. The number of benzene rings is 7. The van der Waals surface area contributed by atoms with Gasteiger partial charge in [-0.2, -0.15) is 0 Å². The number of pyridine rings is 1. The Morgan fingerprint density at radius 1 is 0.541 bits per heavy atom. The van der Waals surface area contributed by atoms with E-state index in [1.165, 1.54) is 16.7 Å². The van der Waals surface area contributed by atoms with Crippen molar-refractivity contribution >= 4 is 44.6 Å². The Morgan fingerprint density at radius 2 is 1.16 bits per heavy atom. The Bertz CT molecular complexity index is 3240. The summed E-state index contributed by atoms with van der Waals surface area (Å²) in [5.41, 5.74) is 12.1. The zero-order chi connectivity index (χ0) is 45.4. The van der Waals surface area contributed by atoms with Crippen molar-refractivity contribution < 1.29 is 10.2 Å². The van der Waals surface area contributed by atoms with Gasteiger partial charge in [0.15, 0.2) is 0 Å². The number of hydrogen-bond acceptors (Lipinski definition) is 4. The van der Waals surface area contributed by atoms with Crippen molar-refractivity contribution in [2.75, 3.05) is 16.5 Å². The molecular formula is C56H50N4O. The molecule has 1 aliphatic heterocycles. The first-order chi connectivity index (χ1) is 31.2. The van der Waals surface area contributed by atoms with E-state index >= 15 is 0 Å². The molecular weight excluding hydrogens is 745 g/mol. The summed E-state index contributed by atoms with van der Waals surface area (Å²) in [5.74, 6) is 1.77. The molecule has 0 N–H and O–H groups in total. The van der Waals surface area contributed by atoms with E-state index < -0.39 is 0 Å². The molecule has 0 atom stereocenters. The first kappa shape index (κ1) is 33.7. The van der Waals surface area contributed by atoms with Crippen LogP contribution in [0.15, 0.2) is 182 Å². The topological polar surface area (TPSA) is 33.5 Å². The zero-order valence-corrected chi connectivity index (χ0v) is 35.4. The Morgan fingerprint density at radius 3 is 1.84 bits per heavy atom. The van der Waals surface area contributed by atoms with E-state index in [9.17, 15) is 0 Å². The molecule has 0 spiro atoms. The van der Waals surface area contributed by atoms with Gasteiger partial charge in [0.05, 0.1) is 33.6 Å². The molecule has 0 radical (unpaired) electrons. The Hall–Kier alpha value is -7.11. The largest absolute Gasteiger partial charge is 0.457 e. The van der Waals surface area contributed by atoms with Gasteiger partial charge in [-0.3, -0.25) is 4.57 Å². The van der Waals surface area contributed by atoms with E-state index in [0.717, 1.165) is 39.4 Å². The smallest absolute Gasteiger partial charge is 0.137 e. The van der Waals surface area contributed by atoms with Crippen LogP contribution in [0, 0.1) is 0 Å². The minimum absolute atomic E-state index is 0.0810. The molecule has 7 aromatic carbocycles. The molecule has 0 saturated carbocycles. The Labute approximate surface area is 364 Å². The van der Waals surface area contributed by atoms with E-state index in [1.807, 2.05) is 47.0 Å². The van der Waals surface area contributed by atoms with Gasteiger partial charge in [0, 0.05) is 45.9 Å². The van der Waals surface area contributed by atoms with Crippen LogP contribution >= 0.6 is 0 Å². The first-order valence-electron chi connectivity index (χ1n) is 22.9. The van der Waals surface area contributed by atoms with E-state index in [4.69, 9.17) is 15.2 Å². The van der Waals surface area contributed by atoms with Crippen LogP contribution in [0.2, 0.25) is 0 Å². The zero-order valence-electron chi connectivity index (χ0n) is 39.4. The van der Waals surface area contributed by atoms with Gasteiger partial charge in [-0.15, -0.1) is 0 Å². The number of fused-ring (bicyclic) bond motifs is 4. The quantitative estimate of drug-likeness (QED) is 0.161. The first-order valence-corrected chi connectivity index (χ1v) is 20.9. The van der Waals surface area contributed by atoms with Crippen LogP contribution in [0.25, 0.3) is 49.9 Å². The number of hydrogen-bond donors (Lipinski definition) is 0.